The highest BCUT2D eigenvalue weighted by molar-refractivity contribution is 5.93. The molecule has 4 bridgehead atoms. The van der Waals surface area contributed by atoms with Crippen LogP contribution in [0.1, 0.15) is 68.1 Å². The standard InChI is InChI=1S/C25H32N6O/c1-4-22(25-11-16-7-17(12-25)9-18(8-16)13-25)28-24(32)20-10-23-26-6-5-21(31(23)29-20)19-14-27-30(3)15(19)2/h5-6,10,14,16-18,22H,4,7-9,11-13H2,1-3H3,(H,28,32). The van der Waals surface area contributed by atoms with Crippen LogP contribution in [0.2, 0.25) is 0 Å². The van der Waals surface area contributed by atoms with Gasteiger partial charge in [-0.2, -0.15) is 10.2 Å². The number of carbonyl (C=O) groups is 1. The Hall–Kier alpha value is -2.70. The molecule has 32 heavy (non-hydrogen) atoms. The topological polar surface area (TPSA) is 77.1 Å². The van der Waals surface area contributed by atoms with Crippen LogP contribution < -0.4 is 5.32 Å². The zero-order valence-corrected chi connectivity index (χ0v) is 19.2. The van der Waals surface area contributed by atoms with Crippen molar-refractivity contribution in [2.24, 2.45) is 30.2 Å². The Balaban J connectivity index is 1.29. The van der Waals surface area contributed by atoms with Crippen molar-refractivity contribution < 1.29 is 4.79 Å². The summed E-state index contributed by atoms with van der Waals surface area (Å²) in [5, 5.41) is 12.5. The van der Waals surface area contributed by atoms with Crippen LogP contribution in [0.15, 0.2) is 24.5 Å². The third-order valence-electron chi connectivity index (χ3n) is 8.64. The maximum Gasteiger partial charge on any atom is 0.272 e. The van der Waals surface area contributed by atoms with Gasteiger partial charge in [-0.15, -0.1) is 0 Å². The summed E-state index contributed by atoms with van der Waals surface area (Å²) in [6, 6.07) is 3.95. The Bertz CT molecular complexity index is 1160. The summed E-state index contributed by atoms with van der Waals surface area (Å²) in [5.41, 5.74) is 4.34. The van der Waals surface area contributed by atoms with Gasteiger partial charge >= 0.3 is 0 Å². The zero-order valence-electron chi connectivity index (χ0n) is 19.2. The maximum absolute atomic E-state index is 13.4. The lowest BCUT2D eigenvalue weighted by Crippen LogP contribution is -2.56. The van der Waals surface area contributed by atoms with E-state index in [-0.39, 0.29) is 17.4 Å². The molecule has 7 rings (SSSR count). The summed E-state index contributed by atoms with van der Waals surface area (Å²) < 4.78 is 3.61. The van der Waals surface area contributed by atoms with Gasteiger partial charge in [0.05, 0.1) is 11.9 Å². The Labute approximate surface area is 188 Å². The Morgan fingerprint density at radius 3 is 2.50 bits per heavy atom. The lowest BCUT2D eigenvalue weighted by atomic mass is 9.47. The van der Waals surface area contributed by atoms with E-state index in [0.717, 1.165) is 41.1 Å². The molecular formula is C25H32N6O. The predicted octanol–water partition coefficient (Wildman–Crippen LogP) is 4.16. The van der Waals surface area contributed by atoms with Crippen LogP contribution in [0.4, 0.5) is 0 Å². The Morgan fingerprint density at radius 1 is 1.22 bits per heavy atom. The number of hydrogen-bond donors (Lipinski definition) is 1. The van der Waals surface area contributed by atoms with Gasteiger partial charge in [0, 0.05) is 36.6 Å². The van der Waals surface area contributed by atoms with Crippen LogP contribution in [0.5, 0.6) is 0 Å². The summed E-state index contributed by atoms with van der Waals surface area (Å²) in [5.74, 6) is 2.54. The van der Waals surface area contributed by atoms with E-state index in [9.17, 15) is 4.79 Å². The van der Waals surface area contributed by atoms with E-state index in [0.29, 0.717) is 11.3 Å². The number of nitrogens with one attached hydrogen (secondary N) is 1. The van der Waals surface area contributed by atoms with Gasteiger partial charge in [-0.3, -0.25) is 9.48 Å². The van der Waals surface area contributed by atoms with Gasteiger partial charge in [0.2, 0.25) is 0 Å². The molecule has 4 saturated carbocycles. The molecule has 0 aromatic carbocycles. The van der Waals surface area contributed by atoms with Crippen LogP contribution in [-0.4, -0.2) is 36.3 Å². The van der Waals surface area contributed by atoms with Crippen molar-refractivity contribution in [2.45, 2.75) is 64.8 Å². The summed E-state index contributed by atoms with van der Waals surface area (Å²) in [6.07, 6.45) is 12.7. The highest BCUT2D eigenvalue weighted by Gasteiger charge is 2.54. The van der Waals surface area contributed by atoms with E-state index in [1.807, 2.05) is 30.9 Å². The van der Waals surface area contributed by atoms with Gasteiger partial charge in [-0.05, 0) is 81.1 Å². The monoisotopic (exact) mass is 432 g/mol. The molecule has 0 aliphatic heterocycles. The van der Waals surface area contributed by atoms with Gasteiger partial charge in [0.25, 0.3) is 5.91 Å². The first-order valence-corrected chi connectivity index (χ1v) is 12.1. The first-order valence-electron chi connectivity index (χ1n) is 12.1. The molecule has 3 aromatic rings. The van der Waals surface area contributed by atoms with Crippen LogP contribution in [-0.2, 0) is 7.05 Å². The van der Waals surface area contributed by atoms with E-state index >= 15 is 0 Å². The summed E-state index contributed by atoms with van der Waals surface area (Å²) in [4.78, 5) is 17.8. The first-order chi connectivity index (χ1) is 15.5. The SMILES string of the molecule is CCC(NC(=O)c1cc2nccc(-c3cnn(C)c3C)n2n1)C12CC3CC(CC(C3)C1)C2. The average molecular weight is 433 g/mol. The molecule has 1 N–H and O–H groups in total. The molecule has 3 heterocycles. The highest BCUT2D eigenvalue weighted by Crippen LogP contribution is 2.61. The second-order valence-corrected chi connectivity index (χ2v) is 10.6. The molecule has 0 spiro atoms. The highest BCUT2D eigenvalue weighted by atomic mass is 16.2. The molecule has 3 aromatic heterocycles. The molecule has 1 amide bonds. The van der Waals surface area contributed by atoms with Crippen LogP contribution >= 0.6 is 0 Å². The average Bonchev–Trinajstić information content (AvgIpc) is 3.34. The third-order valence-corrected chi connectivity index (χ3v) is 8.64. The van der Waals surface area contributed by atoms with Crippen molar-refractivity contribution in [2.75, 3.05) is 0 Å². The number of amides is 1. The predicted molar refractivity (Wildman–Crippen MR) is 122 cm³/mol. The molecule has 1 atom stereocenters. The summed E-state index contributed by atoms with van der Waals surface area (Å²) in [6.45, 7) is 4.25. The van der Waals surface area contributed by atoms with Crippen LogP contribution in [0, 0.1) is 30.1 Å². The molecular weight excluding hydrogens is 400 g/mol. The van der Waals surface area contributed by atoms with Gasteiger partial charge < -0.3 is 5.32 Å². The number of aromatic nitrogens is 5. The quantitative estimate of drug-likeness (QED) is 0.657. The molecule has 0 radical (unpaired) electrons. The van der Waals surface area contributed by atoms with E-state index in [2.05, 4.69) is 27.4 Å². The lowest BCUT2D eigenvalue weighted by Gasteiger charge is -2.59. The second-order valence-electron chi connectivity index (χ2n) is 10.6. The molecule has 168 valence electrons. The number of fused-ring (bicyclic) bond motifs is 1. The molecule has 4 aliphatic carbocycles. The largest absolute Gasteiger partial charge is 0.347 e. The van der Waals surface area contributed by atoms with E-state index in [4.69, 9.17) is 0 Å². The van der Waals surface area contributed by atoms with Crippen molar-refractivity contribution in [1.82, 2.24) is 29.7 Å². The zero-order chi connectivity index (χ0) is 22.0. The molecule has 0 saturated heterocycles. The molecule has 1 unspecified atom stereocenters. The van der Waals surface area contributed by atoms with E-state index < -0.39 is 0 Å². The summed E-state index contributed by atoms with van der Waals surface area (Å²) >= 11 is 0. The van der Waals surface area contributed by atoms with Crippen molar-refractivity contribution >= 4 is 11.6 Å². The van der Waals surface area contributed by atoms with Gasteiger partial charge in [0.1, 0.15) is 0 Å². The minimum absolute atomic E-state index is 0.0769. The van der Waals surface area contributed by atoms with Gasteiger partial charge in [-0.1, -0.05) is 6.92 Å². The van der Waals surface area contributed by atoms with Crippen molar-refractivity contribution in [3.63, 3.8) is 0 Å². The normalized spacial score (nSPS) is 29.5. The fourth-order valence-corrected chi connectivity index (χ4v) is 7.49. The number of rotatable bonds is 5. The van der Waals surface area contributed by atoms with Crippen LogP contribution in [0.3, 0.4) is 0 Å². The third kappa shape index (κ3) is 3.00. The van der Waals surface area contributed by atoms with Gasteiger partial charge in [0.15, 0.2) is 11.3 Å². The molecule has 4 fully saturated rings. The molecule has 7 heteroatoms. The number of aryl methyl sites for hydroxylation is 1. The number of hydrogen-bond acceptors (Lipinski definition) is 4. The van der Waals surface area contributed by atoms with Crippen molar-refractivity contribution in [3.8, 4) is 11.3 Å². The number of carbonyl (C=O) groups excluding carboxylic acids is 1. The molecule has 4 aliphatic rings. The summed E-state index contributed by atoms with van der Waals surface area (Å²) in [7, 11) is 1.93. The molecule has 7 nitrogen and oxygen atoms in total. The number of nitrogens with zero attached hydrogens (tertiary/aromatic N) is 5. The minimum Gasteiger partial charge on any atom is -0.347 e. The Kier molecular flexibility index (Phi) is 4.46. The lowest BCUT2D eigenvalue weighted by molar-refractivity contribution is -0.0727. The fraction of sp³-hybridized carbons (Fsp3) is 0.600. The smallest absolute Gasteiger partial charge is 0.272 e. The maximum atomic E-state index is 13.4. The van der Waals surface area contributed by atoms with Crippen molar-refractivity contribution in [1.29, 1.82) is 0 Å². The van der Waals surface area contributed by atoms with E-state index in [1.165, 1.54) is 38.5 Å². The van der Waals surface area contributed by atoms with Gasteiger partial charge in [-0.25, -0.2) is 9.50 Å². The Morgan fingerprint density at radius 2 is 1.91 bits per heavy atom. The fourth-order valence-electron chi connectivity index (χ4n) is 7.49. The second kappa shape index (κ2) is 7.15. The first kappa shape index (κ1) is 19.9. The minimum atomic E-state index is -0.0769. The van der Waals surface area contributed by atoms with Crippen LogP contribution in [0.25, 0.3) is 16.9 Å². The van der Waals surface area contributed by atoms with Crippen molar-refractivity contribution in [3.05, 3.63) is 35.9 Å². The van der Waals surface area contributed by atoms with E-state index in [1.54, 1.807) is 16.8 Å².